The second-order valence-electron chi connectivity index (χ2n) is 14.8. The number of hydrogen-bond acceptors (Lipinski definition) is 0. The molecular formula is C44H40N2. The lowest BCUT2D eigenvalue weighted by Gasteiger charge is -2.19. The van der Waals surface area contributed by atoms with Gasteiger partial charge in [0, 0.05) is 32.9 Å². The fraction of sp³-hybridized carbons (Fsp3) is 0.182. The lowest BCUT2D eigenvalue weighted by molar-refractivity contribution is 0.590. The number of fused-ring (bicyclic) bond motifs is 6. The Kier molecular flexibility index (Phi) is 6.31. The highest BCUT2D eigenvalue weighted by Gasteiger charge is 2.21. The zero-order chi connectivity index (χ0) is 31.8. The van der Waals surface area contributed by atoms with Crippen LogP contribution in [0.5, 0.6) is 0 Å². The highest BCUT2D eigenvalue weighted by Crippen LogP contribution is 2.39. The molecule has 0 bridgehead atoms. The molecule has 8 rings (SSSR count). The van der Waals surface area contributed by atoms with Gasteiger partial charge in [-0.3, -0.25) is 0 Å². The maximum atomic E-state index is 2.45. The minimum absolute atomic E-state index is 0.0750. The average molecular weight is 597 g/mol. The minimum Gasteiger partial charge on any atom is -0.309 e. The van der Waals surface area contributed by atoms with E-state index in [9.17, 15) is 0 Å². The van der Waals surface area contributed by atoms with Crippen molar-refractivity contribution in [2.75, 3.05) is 0 Å². The molecule has 2 aromatic heterocycles. The number of rotatable bonds is 3. The molecule has 0 atom stereocenters. The lowest BCUT2D eigenvalue weighted by Crippen LogP contribution is -2.10. The van der Waals surface area contributed by atoms with Gasteiger partial charge in [0.2, 0.25) is 0 Å². The third-order valence-corrected chi connectivity index (χ3v) is 9.62. The summed E-state index contributed by atoms with van der Waals surface area (Å²) in [7, 11) is 0. The summed E-state index contributed by atoms with van der Waals surface area (Å²) in [5.41, 5.74) is 12.5. The van der Waals surface area contributed by atoms with Gasteiger partial charge >= 0.3 is 0 Å². The first-order chi connectivity index (χ1) is 22.1. The van der Waals surface area contributed by atoms with Gasteiger partial charge in [-0.1, -0.05) is 114 Å². The van der Waals surface area contributed by atoms with E-state index in [4.69, 9.17) is 0 Å². The zero-order valence-electron chi connectivity index (χ0n) is 27.6. The van der Waals surface area contributed by atoms with Crippen LogP contribution in [-0.2, 0) is 10.8 Å². The summed E-state index contributed by atoms with van der Waals surface area (Å²) in [4.78, 5) is 0. The van der Waals surface area contributed by atoms with Crippen molar-refractivity contribution in [3.8, 4) is 22.5 Å². The molecule has 0 N–H and O–H groups in total. The topological polar surface area (TPSA) is 9.86 Å². The van der Waals surface area contributed by atoms with Gasteiger partial charge < -0.3 is 9.13 Å². The molecule has 0 aliphatic carbocycles. The molecule has 0 spiro atoms. The molecule has 0 aliphatic rings. The zero-order valence-corrected chi connectivity index (χ0v) is 27.6. The quantitative estimate of drug-likeness (QED) is 0.192. The largest absolute Gasteiger partial charge is 0.309 e. The van der Waals surface area contributed by atoms with Gasteiger partial charge in [-0.2, -0.15) is 0 Å². The van der Waals surface area contributed by atoms with Crippen molar-refractivity contribution in [2.24, 2.45) is 0 Å². The molecule has 2 nitrogen and oxygen atoms in total. The Morgan fingerprint density at radius 3 is 1.15 bits per heavy atom. The van der Waals surface area contributed by atoms with Crippen LogP contribution in [0.4, 0.5) is 0 Å². The van der Waals surface area contributed by atoms with Crippen LogP contribution in [0, 0.1) is 0 Å². The Morgan fingerprint density at radius 1 is 0.348 bits per heavy atom. The second-order valence-corrected chi connectivity index (χ2v) is 14.8. The van der Waals surface area contributed by atoms with Gasteiger partial charge in [0.25, 0.3) is 0 Å². The van der Waals surface area contributed by atoms with Crippen LogP contribution in [-0.4, -0.2) is 9.13 Å². The highest BCUT2D eigenvalue weighted by molar-refractivity contribution is 6.10. The molecule has 0 saturated carbocycles. The monoisotopic (exact) mass is 596 g/mol. The van der Waals surface area contributed by atoms with E-state index in [1.165, 1.54) is 77.2 Å². The number of nitrogens with zero attached hydrogens (tertiary/aromatic N) is 2. The molecule has 226 valence electrons. The summed E-state index contributed by atoms with van der Waals surface area (Å²) in [6, 6.07) is 49.5. The maximum Gasteiger partial charge on any atom is 0.0541 e. The Morgan fingerprint density at radius 2 is 0.739 bits per heavy atom. The Hall–Kier alpha value is -5.08. The van der Waals surface area contributed by atoms with Crippen molar-refractivity contribution in [2.45, 2.75) is 52.4 Å². The average Bonchev–Trinajstić information content (AvgIpc) is 3.56. The number of aromatic nitrogens is 2. The van der Waals surface area contributed by atoms with E-state index < -0.39 is 0 Å². The molecule has 0 fully saturated rings. The molecule has 0 radical (unpaired) electrons. The Balaban J connectivity index is 1.31. The summed E-state index contributed by atoms with van der Waals surface area (Å²) in [6.45, 7) is 13.8. The van der Waals surface area contributed by atoms with E-state index in [2.05, 4.69) is 184 Å². The first kappa shape index (κ1) is 28.4. The maximum absolute atomic E-state index is 2.45. The molecule has 8 aromatic rings. The van der Waals surface area contributed by atoms with Crippen molar-refractivity contribution in [3.05, 3.63) is 145 Å². The van der Waals surface area contributed by atoms with E-state index in [0.717, 1.165) is 0 Å². The predicted octanol–water partition coefficient (Wildman–Crippen LogP) is 12.1. The first-order valence-electron chi connectivity index (χ1n) is 16.4. The Bertz CT molecular complexity index is 2310. The van der Waals surface area contributed by atoms with Crippen LogP contribution < -0.4 is 0 Å². The smallest absolute Gasteiger partial charge is 0.0541 e. The lowest BCUT2D eigenvalue weighted by atomic mass is 9.85. The van der Waals surface area contributed by atoms with Gasteiger partial charge in [0.05, 0.1) is 22.1 Å². The van der Waals surface area contributed by atoms with Gasteiger partial charge in [-0.25, -0.2) is 0 Å². The normalized spacial score (nSPS) is 12.6. The summed E-state index contributed by atoms with van der Waals surface area (Å²) < 4.78 is 4.84. The molecule has 2 heteroatoms. The molecule has 2 heterocycles. The summed E-state index contributed by atoms with van der Waals surface area (Å²) >= 11 is 0. The van der Waals surface area contributed by atoms with Crippen LogP contribution in [0.2, 0.25) is 0 Å². The van der Waals surface area contributed by atoms with E-state index in [1.54, 1.807) is 0 Å². The number of benzene rings is 6. The highest BCUT2D eigenvalue weighted by atomic mass is 15.0. The van der Waals surface area contributed by atoms with Crippen molar-refractivity contribution in [3.63, 3.8) is 0 Å². The Labute approximate surface area is 271 Å². The molecule has 0 aliphatic heterocycles. The molecule has 0 amide bonds. The third-order valence-electron chi connectivity index (χ3n) is 9.62. The van der Waals surface area contributed by atoms with Crippen LogP contribution >= 0.6 is 0 Å². The third kappa shape index (κ3) is 4.55. The molecule has 0 unspecified atom stereocenters. The van der Waals surface area contributed by atoms with Crippen LogP contribution in [0.25, 0.3) is 66.1 Å². The van der Waals surface area contributed by atoms with Gasteiger partial charge in [0.1, 0.15) is 0 Å². The molecule has 46 heavy (non-hydrogen) atoms. The molecular weight excluding hydrogens is 556 g/mol. The van der Waals surface area contributed by atoms with E-state index >= 15 is 0 Å². The SMILES string of the molecule is CC(C)(C)c1ccc2c(c1)c1cc(C(C)(C)C)ccc1n2-c1cccc(-c2cccc(-n3c4ccccc4c4ccccc43)c2)c1. The molecule has 0 saturated heterocycles. The van der Waals surface area contributed by atoms with E-state index in [0.29, 0.717) is 0 Å². The van der Waals surface area contributed by atoms with Gasteiger partial charge in [-0.15, -0.1) is 0 Å². The minimum atomic E-state index is 0.0750. The van der Waals surface area contributed by atoms with Crippen molar-refractivity contribution in [1.82, 2.24) is 9.13 Å². The van der Waals surface area contributed by atoms with Gasteiger partial charge in [0.15, 0.2) is 0 Å². The fourth-order valence-corrected chi connectivity index (χ4v) is 7.08. The summed E-state index contributed by atoms with van der Waals surface area (Å²) in [5.74, 6) is 0. The van der Waals surface area contributed by atoms with Crippen molar-refractivity contribution in [1.29, 1.82) is 0 Å². The van der Waals surface area contributed by atoms with Crippen LogP contribution in [0.15, 0.2) is 133 Å². The van der Waals surface area contributed by atoms with Crippen molar-refractivity contribution < 1.29 is 0 Å². The van der Waals surface area contributed by atoms with Crippen LogP contribution in [0.1, 0.15) is 52.7 Å². The van der Waals surface area contributed by atoms with Crippen molar-refractivity contribution >= 4 is 43.6 Å². The second kappa shape index (κ2) is 10.2. The van der Waals surface area contributed by atoms with Gasteiger partial charge in [-0.05, 0) is 93.7 Å². The summed E-state index contributed by atoms with van der Waals surface area (Å²) in [6.07, 6.45) is 0. The van der Waals surface area contributed by atoms with Crippen LogP contribution in [0.3, 0.4) is 0 Å². The number of para-hydroxylation sites is 2. The molecule has 6 aromatic carbocycles. The van der Waals surface area contributed by atoms with E-state index in [-0.39, 0.29) is 10.8 Å². The first-order valence-corrected chi connectivity index (χ1v) is 16.4. The predicted molar refractivity (Wildman–Crippen MR) is 198 cm³/mol. The number of hydrogen-bond donors (Lipinski definition) is 0. The summed E-state index contributed by atoms with van der Waals surface area (Å²) in [5, 5.41) is 5.18. The fourth-order valence-electron chi connectivity index (χ4n) is 7.08. The standard InChI is InChI=1S/C44H40N2/c1-43(2,3)31-21-23-41-37(27-31)38-28-32(44(4,5)6)22-24-42(38)46(41)34-16-12-14-30(26-34)29-13-11-15-33(25-29)45-39-19-9-7-17-35(39)36-18-8-10-20-40(36)45/h7-28H,1-6H3. The van der Waals surface area contributed by atoms with E-state index in [1.807, 2.05) is 0 Å².